The minimum Gasteiger partial charge on any atom is -0.460 e. The summed E-state index contributed by atoms with van der Waals surface area (Å²) in [5.74, 6) is 1.80. The van der Waals surface area contributed by atoms with Crippen LogP contribution in [-0.2, 0) is 22.6 Å². The average molecular weight is 335 g/mol. The van der Waals surface area contributed by atoms with E-state index in [-0.39, 0.29) is 5.97 Å². The van der Waals surface area contributed by atoms with Crippen LogP contribution in [0.1, 0.15) is 52.1 Å². The van der Waals surface area contributed by atoms with Gasteiger partial charge in [-0.2, -0.15) is 5.10 Å². The van der Waals surface area contributed by atoms with Crippen LogP contribution in [0, 0.1) is 19.3 Å². The van der Waals surface area contributed by atoms with Gasteiger partial charge in [0.15, 0.2) is 5.82 Å². The number of aromatic nitrogens is 7. The number of nitrogens with zero attached hydrogens (tertiary/aromatic N) is 7. The molecule has 0 aliphatic carbocycles. The van der Waals surface area contributed by atoms with Crippen molar-refractivity contribution in [3.8, 4) is 0 Å². The Balaban J connectivity index is 2.15. The van der Waals surface area contributed by atoms with E-state index in [4.69, 9.17) is 4.74 Å². The molecule has 0 fully saturated rings. The number of hydrogen-bond acceptors (Lipinski definition) is 7. The summed E-state index contributed by atoms with van der Waals surface area (Å²) in [4.78, 5) is 16.7. The molecule has 0 aromatic carbocycles. The first kappa shape index (κ1) is 18.0. The lowest BCUT2D eigenvalue weighted by Crippen LogP contribution is -2.37. The lowest BCUT2D eigenvalue weighted by molar-refractivity contribution is -0.166. The van der Waals surface area contributed by atoms with Crippen LogP contribution in [0.4, 0.5) is 0 Å². The first-order valence-corrected chi connectivity index (χ1v) is 7.84. The van der Waals surface area contributed by atoms with Gasteiger partial charge in [0.25, 0.3) is 0 Å². The molecule has 0 saturated carbocycles. The minimum atomic E-state index is -0.759. The molecule has 9 heteroatoms. The van der Waals surface area contributed by atoms with Gasteiger partial charge in [-0.1, -0.05) is 0 Å². The number of hydrogen-bond donors (Lipinski definition) is 0. The number of esters is 1. The summed E-state index contributed by atoms with van der Waals surface area (Å²) in [5, 5.41) is 16.1. The predicted molar refractivity (Wildman–Crippen MR) is 86.0 cm³/mol. The summed E-state index contributed by atoms with van der Waals surface area (Å²) < 4.78 is 8.83. The Bertz CT molecular complexity index is 725. The highest BCUT2D eigenvalue weighted by atomic mass is 16.6. The van der Waals surface area contributed by atoms with Gasteiger partial charge in [-0.05, 0) is 58.9 Å². The fourth-order valence-electron chi connectivity index (χ4n) is 2.16. The van der Waals surface area contributed by atoms with Crippen LogP contribution >= 0.6 is 0 Å². The van der Waals surface area contributed by atoms with Gasteiger partial charge in [0, 0.05) is 0 Å². The van der Waals surface area contributed by atoms with Gasteiger partial charge in [0.2, 0.25) is 0 Å². The van der Waals surface area contributed by atoms with E-state index >= 15 is 0 Å². The van der Waals surface area contributed by atoms with E-state index in [1.807, 2.05) is 48.5 Å². The normalized spacial score (nSPS) is 12.5. The molecule has 2 rings (SSSR count). The van der Waals surface area contributed by atoms with E-state index in [9.17, 15) is 4.79 Å². The molecule has 0 saturated heterocycles. The summed E-state index contributed by atoms with van der Waals surface area (Å²) in [6.07, 6.45) is 0. The Labute approximate surface area is 141 Å². The molecule has 2 aromatic rings. The van der Waals surface area contributed by atoms with E-state index in [0.717, 1.165) is 5.82 Å². The molecule has 9 nitrogen and oxygen atoms in total. The zero-order chi connectivity index (χ0) is 18.1. The van der Waals surface area contributed by atoms with Gasteiger partial charge in [-0.25, -0.2) is 14.3 Å². The molecule has 0 N–H and O–H groups in total. The fourth-order valence-corrected chi connectivity index (χ4v) is 2.16. The Morgan fingerprint density at radius 1 is 1.12 bits per heavy atom. The Morgan fingerprint density at radius 3 is 2.33 bits per heavy atom. The summed E-state index contributed by atoms with van der Waals surface area (Å²) >= 11 is 0. The van der Waals surface area contributed by atoms with Crippen LogP contribution < -0.4 is 0 Å². The maximum Gasteiger partial charge on any atom is 0.313 e. The third-order valence-electron chi connectivity index (χ3n) is 3.36. The maximum absolute atomic E-state index is 12.4. The quantitative estimate of drug-likeness (QED) is 0.759. The predicted octanol–water partition coefficient (Wildman–Crippen LogP) is 1.30. The molecule has 2 aromatic heterocycles. The average Bonchev–Trinajstić information content (AvgIpc) is 2.95. The third-order valence-corrected chi connectivity index (χ3v) is 3.36. The highest BCUT2D eigenvalue weighted by Gasteiger charge is 2.34. The maximum atomic E-state index is 12.4. The van der Waals surface area contributed by atoms with Crippen LogP contribution in [0.15, 0.2) is 0 Å². The molecular weight excluding hydrogens is 310 g/mol. The van der Waals surface area contributed by atoms with Crippen LogP contribution in [-0.4, -0.2) is 46.5 Å². The van der Waals surface area contributed by atoms with E-state index in [1.54, 1.807) is 9.36 Å². The first-order chi connectivity index (χ1) is 11.0. The van der Waals surface area contributed by atoms with Crippen molar-refractivity contribution in [2.75, 3.05) is 0 Å². The molecule has 24 heavy (non-hydrogen) atoms. The Kier molecular flexibility index (Phi) is 4.73. The van der Waals surface area contributed by atoms with Crippen molar-refractivity contribution in [3.05, 3.63) is 17.5 Å². The van der Waals surface area contributed by atoms with Crippen molar-refractivity contribution >= 4 is 5.97 Å². The fraction of sp³-hybridized carbons (Fsp3) is 0.733. The Morgan fingerprint density at radius 2 is 1.79 bits per heavy atom. The second-order valence-electron chi connectivity index (χ2n) is 7.50. The van der Waals surface area contributed by atoms with Gasteiger partial charge < -0.3 is 4.74 Å². The van der Waals surface area contributed by atoms with Gasteiger partial charge >= 0.3 is 5.97 Å². The largest absolute Gasteiger partial charge is 0.460 e. The van der Waals surface area contributed by atoms with Crippen LogP contribution in [0.3, 0.4) is 0 Å². The molecule has 0 unspecified atom stereocenters. The topological polar surface area (TPSA) is 101 Å². The lowest BCUT2D eigenvalue weighted by Gasteiger charge is -2.28. The number of tetrazole rings is 1. The summed E-state index contributed by atoms with van der Waals surface area (Å²) in [5.41, 5.74) is -1.29. The van der Waals surface area contributed by atoms with Crippen molar-refractivity contribution in [3.63, 3.8) is 0 Å². The lowest BCUT2D eigenvalue weighted by atomic mass is 9.93. The molecule has 0 bridgehead atoms. The van der Waals surface area contributed by atoms with Crippen LogP contribution in [0.5, 0.6) is 0 Å². The summed E-state index contributed by atoms with van der Waals surface area (Å²) in [7, 11) is 0. The number of carbonyl (C=O) groups is 1. The van der Waals surface area contributed by atoms with E-state index < -0.39 is 11.0 Å². The highest BCUT2D eigenvalue weighted by molar-refractivity contribution is 5.76. The SMILES string of the molecule is Cc1nc(C)n(Cc2nnnn2CC(C)(C)C(=O)OC(C)(C)C)n1. The smallest absolute Gasteiger partial charge is 0.313 e. The molecule has 0 amide bonds. The standard InChI is InChI=1S/C15H25N7O2/c1-10-16-11(2)21(18-10)8-12-17-19-20-22(12)9-15(6,7)13(23)24-14(3,4)5/h8-9H2,1-7H3. The molecular formula is C15H25N7O2. The molecule has 0 aliphatic heterocycles. The van der Waals surface area contributed by atoms with Gasteiger partial charge in [0.05, 0.1) is 12.0 Å². The van der Waals surface area contributed by atoms with Crippen LogP contribution in [0.25, 0.3) is 0 Å². The zero-order valence-corrected chi connectivity index (χ0v) is 15.4. The summed E-state index contributed by atoms with van der Waals surface area (Å²) in [6.45, 7) is 13.6. The first-order valence-electron chi connectivity index (χ1n) is 7.84. The van der Waals surface area contributed by atoms with E-state index in [1.165, 1.54) is 0 Å². The van der Waals surface area contributed by atoms with E-state index in [0.29, 0.717) is 24.7 Å². The third kappa shape index (κ3) is 4.36. The Hall–Kier alpha value is -2.32. The molecule has 0 aliphatic rings. The molecule has 0 spiro atoms. The van der Waals surface area contributed by atoms with Crippen molar-refractivity contribution in [1.29, 1.82) is 0 Å². The molecule has 2 heterocycles. The second-order valence-corrected chi connectivity index (χ2v) is 7.50. The number of ether oxygens (including phenoxy) is 1. The second kappa shape index (κ2) is 6.29. The number of aryl methyl sites for hydroxylation is 2. The number of rotatable bonds is 5. The molecule has 0 atom stereocenters. The van der Waals surface area contributed by atoms with Gasteiger partial charge in [-0.15, -0.1) is 5.10 Å². The van der Waals surface area contributed by atoms with Crippen molar-refractivity contribution in [1.82, 2.24) is 35.0 Å². The highest BCUT2D eigenvalue weighted by Crippen LogP contribution is 2.23. The van der Waals surface area contributed by atoms with E-state index in [2.05, 4.69) is 25.6 Å². The molecule has 132 valence electrons. The van der Waals surface area contributed by atoms with Gasteiger partial charge in [0.1, 0.15) is 23.8 Å². The number of carbonyl (C=O) groups excluding carboxylic acids is 1. The zero-order valence-electron chi connectivity index (χ0n) is 15.4. The van der Waals surface area contributed by atoms with Crippen molar-refractivity contribution < 1.29 is 9.53 Å². The van der Waals surface area contributed by atoms with Crippen molar-refractivity contribution in [2.24, 2.45) is 5.41 Å². The van der Waals surface area contributed by atoms with Gasteiger partial charge in [-0.3, -0.25) is 4.79 Å². The van der Waals surface area contributed by atoms with Crippen LogP contribution in [0.2, 0.25) is 0 Å². The minimum absolute atomic E-state index is 0.288. The summed E-state index contributed by atoms with van der Waals surface area (Å²) in [6, 6.07) is 0. The molecule has 0 radical (unpaired) electrons. The monoisotopic (exact) mass is 335 g/mol. The van der Waals surface area contributed by atoms with Crippen molar-refractivity contribution in [2.45, 2.75) is 67.2 Å².